The third-order valence-corrected chi connectivity index (χ3v) is 4.06. The molecule has 4 heteroatoms. The zero-order valence-electron chi connectivity index (χ0n) is 11.8. The summed E-state index contributed by atoms with van der Waals surface area (Å²) in [7, 11) is 0. The van der Waals surface area contributed by atoms with E-state index in [1.54, 1.807) is 6.26 Å². The average Bonchev–Trinajstić information content (AvgIpc) is 3.01. The van der Waals surface area contributed by atoms with E-state index in [4.69, 9.17) is 4.52 Å². The molecule has 1 aliphatic heterocycles. The molecule has 2 aromatic rings. The molecule has 1 fully saturated rings. The Morgan fingerprint density at radius 3 is 2.85 bits per heavy atom. The molecule has 1 aromatic heterocycles. The predicted molar refractivity (Wildman–Crippen MR) is 78.2 cm³/mol. The molecular weight excluding hydrogens is 250 g/mol. The Labute approximate surface area is 119 Å². The van der Waals surface area contributed by atoms with Crippen molar-refractivity contribution in [2.75, 3.05) is 13.1 Å². The molecular formula is C16H21N3O. The predicted octanol–water partition coefficient (Wildman–Crippen LogP) is 2.60. The van der Waals surface area contributed by atoms with Crippen molar-refractivity contribution in [2.45, 2.75) is 32.0 Å². The second kappa shape index (κ2) is 6.20. The summed E-state index contributed by atoms with van der Waals surface area (Å²) in [5, 5.41) is 7.70. The minimum Gasteiger partial charge on any atom is -0.364 e. The summed E-state index contributed by atoms with van der Waals surface area (Å²) in [5.41, 5.74) is 2.37. The van der Waals surface area contributed by atoms with Gasteiger partial charge in [-0.2, -0.15) is 0 Å². The van der Waals surface area contributed by atoms with Crippen LogP contribution in [-0.2, 0) is 6.54 Å². The van der Waals surface area contributed by atoms with Crippen molar-refractivity contribution < 1.29 is 4.52 Å². The molecule has 1 N–H and O–H groups in total. The summed E-state index contributed by atoms with van der Waals surface area (Å²) in [5.74, 6) is 0. The van der Waals surface area contributed by atoms with Crippen LogP contribution < -0.4 is 5.32 Å². The number of hydrogen-bond donors (Lipinski definition) is 1. The molecule has 1 aliphatic rings. The first-order valence-corrected chi connectivity index (χ1v) is 7.28. The van der Waals surface area contributed by atoms with E-state index in [-0.39, 0.29) is 0 Å². The summed E-state index contributed by atoms with van der Waals surface area (Å²) in [4.78, 5) is 2.51. The molecule has 0 spiro atoms. The van der Waals surface area contributed by atoms with E-state index in [0.717, 1.165) is 31.7 Å². The first kappa shape index (κ1) is 13.3. The van der Waals surface area contributed by atoms with Crippen LogP contribution in [0, 0.1) is 0 Å². The van der Waals surface area contributed by atoms with Gasteiger partial charge in [0.2, 0.25) is 0 Å². The maximum absolute atomic E-state index is 4.94. The molecule has 0 saturated carbocycles. The van der Waals surface area contributed by atoms with Crippen molar-refractivity contribution in [3.63, 3.8) is 0 Å². The average molecular weight is 271 g/mol. The number of rotatable bonds is 4. The van der Waals surface area contributed by atoms with Crippen LogP contribution in [-0.4, -0.2) is 29.2 Å². The van der Waals surface area contributed by atoms with Crippen LogP contribution in [0.3, 0.4) is 0 Å². The van der Waals surface area contributed by atoms with Gasteiger partial charge in [0.05, 0.1) is 5.69 Å². The zero-order valence-corrected chi connectivity index (χ0v) is 11.8. The maximum Gasteiger partial charge on any atom is 0.124 e. The lowest BCUT2D eigenvalue weighted by Gasteiger charge is -2.40. The Morgan fingerprint density at radius 1 is 1.30 bits per heavy atom. The molecule has 0 aliphatic carbocycles. The van der Waals surface area contributed by atoms with Crippen LogP contribution in [0.5, 0.6) is 0 Å². The van der Waals surface area contributed by atoms with Gasteiger partial charge in [0.1, 0.15) is 6.26 Å². The summed E-state index contributed by atoms with van der Waals surface area (Å²) in [6, 6.07) is 13.6. The van der Waals surface area contributed by atoms with Gasteiger partial charge in [-0.3, -0.25) is 4.90 Å². The molecule has 1 saturated heterocycles. The van der Waals surface area contributed by atoms with Crippen molar-refractivity contribution >= 4 is 0 Å². The summed E-state index contributed by atoms with van der Waals surface area (Å²) in [6.45, 7) is 5.13. The van der Waals surface area contributed by atoms with E-state index < -0.39 is 0 Å². The number of piperazine rings is 1. The van der Waals surface area contributed by atoms with Crippen LogP contribution >= 0.6 is 0 Å². The van der Waals surface area contributed by atoms with Gasteiger partial charge in [-0.05, 0) is 12.0 Å². The first-order chi connectivity index (χ1) is 9.86. The number of benzene rings is 1. The van der Waals surface area contributed by atoms with Crippen molar-refractivity contribution in [2.24, 2.45) is 0 Å². The largest absolute Gasteiger partial charge is 0.364 e. The van der Waals surface area contributed by atoms with Gasteiger partial charge >= 0.3 is 0 Å². The standard InChI is InChI=1S/C16H21N3O/c1-2-15-10-17-16(13-6-4-3-5-7-13)12-19(15)11-14-8-9-20-18-14/h3-9,15-17H,2,10-12H2,1H3. The second-order valence-corrected chi connectivity index (χ2v) is 5.35. The Morgan fingerprint density at radius 2 is 2.15 bits per heavy atom. The maximum atomic E-state index is 4.94. The molecule has 3 rings (SSSR count). The Kier molecular flexibility index (Phi) is 4.14. The van der Waals surface area contributed by atoms with Crippen LogP contribution in [0.2, 0.25) is 0 Å². The normalized spacial score (nSPS) is 23.9. The van der Waals surface area contributed by atoms with E-state index in [2.05, 4.69) is 52.6 Å². The fourth-order valence-electron chi connectivity index (χ4n) is 2.89. The number of nitrogens with zero attached hydrogens (tertiary/aromatic N) is 2. The van der Waals surface area contributed by atoms with E-state index in [9.17, 15) is 0 Å². The molecule has 4 nitrogen and oxygen atoms in total. The van der Waals surface area contributed by atoms with Crippen molar-refractivity contribution in [1.82, 2.24) is 15.4 Å². The number of nitrogens with one attached hydrogen (secondary N) is 1. The highest BCUT2D eigenvalue weighted by atomic mass is 16.5. The van der Waals surface area contributed by atoms with Crippen LogP contribution in [0.25, 0.3) is 0 Å². The lowest BCUT2D eigenvalue weighted by atomic mass is 10.0. The van der Waals surface area contributed by atoms with Gasteiger partial charge in [0.25, 0.3) is 0 Å². The highest BCUT2D eigenvalue weighted by Gasteiger charge is 2.27. The van der Waals surface area contributed by atoms with Gasteiger partial charge in [0, 0.05) is 37.8 Å². The monoisotopic (exact) mass is 271 g/mol. The summed E-state index contributed by atoms with van der Waals surface area (Å²) >= 11 is 0. The molecule has 0 bridgehead atoms. The van der Waals surface area contributed by atoms with E-state index in [0.29, 0.717) is 12.1 Å². The molecule has 2 heterocycles. The Balaban J connectivity index is 1.72. The van der Waals surface area contributed by atoms with Crippen molar-refractivity contribution in [3.05, 3.63) is 53.9 Å². The lowest BCUT2D eigenvalue weighted by Crippen LogP contribution is -2.51. The topological polar surface area (TPSA) is 41.3 Å². The second-order valence-electron chi connectivity index (χ2n) is 5.35. The summed E-state index contributed by atoms with van der Waals surface area (Å²) in [6.07, 6.45) is 2.79. The molecule has 0 radical (unpaired) electrons. The smallest absolute Gasteiger partial charge is 0.124 e. The first-order valence-electron chi connectivity index (χ1n) is 7.28. The molecule has 2 atom stereocenters. The van der Waals surface area contributed by atoms with Gasteiger partial charge in [-0.25, -0.2) is 0 Å². The van der Waals surface area contributed by atoms with E-state index >= 15 is 0 Å². The van der Waals surface area contributed by atoms with Gasteiger partial charge < -0.3 is 9.84 Å². The quantitative estimate of drug-likeness (QED) is 0.928. The Bertz CT molecular complexity index is 512. The number of aromatic nitrogens is 1. The molecule has 106 valence electrons. The minimum absolute atomic E-state index is 0.394. The Hall–Kier alpha value is -1.65. The molecule has 0 amide bonds. The third-order valence-electron chi connectivity index (χ3n) is 4.06. The van der Waals surface area contributed by atoms with Crippen LogP contribution in [0.4, 0.5) is 0 Å². The molecule has 2 unspecified atom stereocenters. The van der Waals surface area contributed by atoms with Crippen LogP contribution in [0.15, 0.2) is 47.2 Å². The van der Waals surface area contributed by atoms with Gasteiger partial charge in [0.15, 0.2) is 0 Å². The lowest BCUT2D eigenvalue weighted by molar-refractivity contribution is 0.116. The van der Waals surface area contributed by atoms with Gasteiger partial charge in [-0.15, -0.1) is 0 Å². The highest BCUT2D eigenvalue weighted by Crippen LogP contribution is 2.22. The van der Waals surface area contributed by atoms with E-state index in [1.807, 2.05) is 6.07 Å². The zero-order chi connectivity index (χ0) is 13.8. The summed E-state index contributed by atoms with van der Waals surface area (Å²) < 4.78 is 4.94. The fourth-order valence-corrected chi connectivity index (χ4v) is 2.89. The highest BCUT2D eigenvalue weighted by molar-refractivity contribution is 5.20. The third kappa shape index (κ3) is 2.92. The van der Waals surface area contributed by atoms with Crippen LogP contribution in [0.1, 0.15) is 30.6 Å². The SMILES string of the molecule is CCC1CNC(c2ccccc2)CN1Cc1ccon1. The van der Waals surface area contributed by atoms with E-state index in [1.165, 1.54) is 5.56 Å². The molecule has 1 aromatic carbocycles. The van der Waals surface area contributed by atoms with Crippen molar-refractivity contribution in [1.29, 1.82) is 0 Å². The van der Waals surface area contributed by atoms with Crippen molar-refractivity contribution in [3.8, 4) is 0 Å². The van der Waals surface area contributed by atoms with Gasteiger partial charge in [-0.1, -0.05) is 42.4 Å². The number of hydrogen-bond acceptors (Lipinski definition) is 4. The minimum atomic E-state index is 0.394. The molecule has 20 heavy (non-hydrogen) atoms. The fraction of sp³-hybridized carbons (Fsp3) is 0.438.